The van der Waals surface area contributed by atoms with E-state index in [1.807, 2.05) is 42.5 Å². The summed E-state index contributed by atoms with van der Waals surface area (Å²) in [5.74, 6) is 6.38. The first-order valence-electron chi connectivity index (χ1n) is 5.79. The van der Waals surface area contributed by atoms with Crippen LogP contribution in [0.3, 0.4) is 0 Å². The van der Waals surface area contributed by atoms with Gasteiger partial charge in [-0.3, -0.25) is 0 Å². The maximum absolute atomic E-state index is 10.1. The number of hydrogen-bond acceptors (Lipinski definition) is 2. The molecule has 0 radical (unpaired) electrons. The molecule has 1 atom stereocenters. The molecule has 19 heavy (non-hydrogen) atoms. The average Bonchev–Trinajstić information content (AvgIpc) is 2.45. The van der Waals surface area contributed by atoms with E-state index >= 15 is 0 Å². The summed E-state index contributed by atoms with van der Waals surface area (Å²) in [6.07, 6.45) is -0.872. The van der Waals surface area contributed by atoms with Crippen LogP contribution in [0.25, 0.3) is 0 Å². The Balaban J connectivity index is 2.26. The van der Waals surface area contributed by atoms with Crippen molar-refractivity contribution >= 4 is 15.9 Å². The predicted octanol–water partition coefficient (Wildman–Crippen LogP) is 3.54. The molecule has 0 aromatic heterocycles. The van der Waals surface area contributed by atoms with E-state index in [1.165, 1.54) is 0 Å². The van der Waals surface area contributed by atoms with Gasteiger partial charge in [0.05, 0.1) is 7.11 Å². The van der Waals surface area contributed by atoms with Gasteiger partial charge in [0, 0.05) is 15.6 Å². The van der Waals surface area contributed by atoms with Crippen molar-refractivity contribution in [2.24, 2.45) is 0 Å². The molecular formula is C16H13BrO2. The molecule has 0 bridgehead atoms. The summed E-state index contributed by atoms with van der Waals surface area (Å²) in [5, 5.41) is 10.1. The molecule has 2 nitrogen and oxygen atoms in total. The van der Waals surface area contributed by atoms with Crippen LogP contribution in [-0.2, 0) is 0 Å². The Labute approximate surface area is 121 Å². The number of aliphatic hydroxyl groups excluding tert-OH is 1. The molecular weight excluding hydrogens is 304 g/mol. The molecule has 0 aliphatic rings. The minimum Gasteiger partial charge on any atom is -0.496 e. The van der Waals surface area contributed by atoms with Crippen LogP contribution in [0, 0.1) is 11.8 Å². The zero-order valence-corrected chi connectivity index (χ0v) is 12.0. The fraction of sp³-hybridized carbons (Fsp3) is 0.125. The molecule has 96 valence electrons. The minimum absolute atomic E-state index is 0.615. The van der Waals surface area contributed by atoms with Gasteiger partial charge in [-0.15, -0.1) is 0 Å². The molecule has 2 rings (SSSR count). The topological polar surface area (TPSA) is 29.5 Å². The summed E-state index contributed by atoms with van der Waals surface area (Å²) in [5.41, 5.74) is 1.53. The lowest BCUT2D eigenvalue weighted by atomic mass is 10.1. The van der Waals surface area contributed by atoms with Crippen LogP contribution >= 0.6 is 15.9 Å². The molecule has 2 aromatic carbocycles. The second-order valence-corrected chi connectivity index (χ2v) is 4.84. The lowest BCUT2D eigenvalue weighted by molar-refractivity contribution is 0.232. The van der Waals surface area contributed by atoms with Crippen molar-refractivity contribution < 1.29 is 9.84 Å². The third kappa shape index (κ3) is 3.60. The summed E-state index contributed by atoms with van der Waals surface area (Å²) in [4.78, 5) is 0. The van der Waals surface area contributed by atoms with E-state index in [0.717, 1.165) is 10.0 Å². The van der Waals surface area contributed by atoms with Gasteiger partial charge in [-0.2, -0.15) is 0 Å². The molecule has 1 N–H and O–H groups in total. The Hall–Kier alpha value is -1.76. The van der Waals surface area contributed by atoms with Crippen LogP contribution in [0.4, 0.5) is 0 Å². The number of aliphatic hydroxyl groups is 1. The van der Waals surface area contributed by atoms with Gasteiger partial charge in [0.25, 0.3) is 0 Å². The molecule has 0 spiro atoms. The molecule has 2 aromatic rings. The van der Waals surface area contributed by atoms with E-state index in [2.05, 4.69) is 27.8 Å². The van der Waals surface area contributed by atoms with Crippen LogP contribution in [-0.4, -0.2) is 12.2 Å². The van der Waals surface area contributed by atoms with Gasteiger partial charge in [0.2, 0.25) is 0 Å². The minimum atomic E-state index is -0.872. The van der Waals surface area contributed by atoms with Gasteiger partial charge >= 0.3 is 0 Å². The largest absolute Gasteiger partial charge is 0.496 e. The molecule has 0 amide bonds. The van der Waals surface area contributed by atoms with E-state index in [-0.39, 0.29) is 0 Å². The summed E-state index contributed by atoms with van der Waals surface area (Å²) >= 11 is 3.36. The van der Waals surface area contributed by atoms with Gasteiger partial charge < -0.3 is 9.84 Å². The van der Waals surface area contributed by atoms with Crippen LogP contribution in [0.2, 0.25) is 0 Å². The van der Waals surface area contributed by atoms with Crippen LogP contribution in [0.5, 0.6) is 5.75 Å². The summed E-state index contributed by atoms with van der Waals surface area (Å²) in [6, 6.07) is 15.0. The number of hydrogen-bond donors (Lipinski definition) is 1. The van der Waals surface area contributed by atoms with Crippen molar-refractivity contribution in [2.45, 2.75) is 6.10 Å². The highest BCUT2D eigenvalue weighted by molar-refractivity contribution is 9.10. The monoisotopic (exact) mass is 316 g/mol. The first-order chi connectivity index (χ1) is 9.20. The van der Waals surface area contributed by atoms with Gasteiger partial charge in [-0.05, 0) is 24.3 Å². The molecule has 3 heteroatoms. The van der Waals surface area contributed by atoms with Crippen molar-refractivity contribution in [3.8, 4) is 17.6 Å². The highest BCUT2D eigenvalue weighted by atomic mass is 79.9. The first-order valence-corrected chi connectivity index (χ1v) is 6.58. The number of benzene rings is 2. The van der Waals surface area contributed by atoms with Crippen LogP contribution in [0.15, 0.2) is 53.0 Å². The normalized spacial score (nSPS) is 11.3. The van der Waals surface area contributed by atoms with Gasteiger partial charge in [-0.25, -0.2) is 0 Å². The van der Waals surface area contributed by atoms with Crippen molar-refractivity contribution in [3.05, 3.63) is 64.1 Å². The molecule has 1 unspecified atom stereocenters. The standard InChI is InChI=1S/C16H13BrO2/c1-19-16-11-13(17)8-9-14(16)15(18)10-7-12-5-3-2-4-6-12/h2-6,8-9,11,15,18H,1H3. The molecule has 0 heterocycles. The Morgan fingerprint density at radius 1 is 1.16 bits per heavy atom. The lowest BCUT2D eigenvalue weighted by Gasteiger charge is -2.10. The third-order valence-corrected chi connectivity index (χ3v) is 3.11. The fourth-order valence-corrected chi connectivity index (χ4v) is 2.00. The van der Waals surface area contributed by atoms with E-state index in [9.17, 15) is 5.11 Å². The fourth-order valence-electron chi connectivity index (χ4n) is 1.66. The summed E-state index contributed by atoms with van der Waals surface area (Å²) in [7, 11) is 1.57. The number of rotatable bonds is 2. The lowest BCUT2D eigenvalue weighted by Crippen LogP contribution is -1.98. The Kier molecular flexibility index (Phi) is 4.62. The van der Waals surface area contributed by atoms with Crippen molar-refractivity contribution in [2.75, 3.05) is 7.11 Å². The zero-order valence-electron chi connectivity index (χ0n) is 10.4. The highest BCUT2D eigenvalue weighted by Crippen LogP contribution is 2.28. The Bertz CT molecular complexity index is 612. The van der Waals surface area contributed by atoms with Gasteiger partial charge in [0.1, 0.15) is 11.9 Å². The third-order valence-electron chi connectivity index (χ3n) is 2.62. The Morgan fingerprint density at radius 3 is 2.58 bits per heavy atom. The number of methoxy groups -OCH3 is 1. The molecule has 0 aliphatic carbocycles. The summed E-state index contributed by atoms with van der Waals surface area (Å²) in [6.45, 7) is 0. The molecule has 0 fully saturated rings. The van der Waals surface area contributed by atoms with Crippen molar-refractivity contribution in [1.29, 1.82) is 0 Å². The number of ether oxygens (including phenoxy) is 1. The Morgan fingerprint density at radius 2 is 1.89 bits per heavy atom. The maximum Gasteiger partial charge on any atom is 0.144 e. The van der Waals surface area contributed by atoms with E-state index < -0.39 is 6.10 Å². The van der Waals surface area contributed by atoms with Gasteiger partial charge in [-0.1, -0.05) is 52.0 Å². The number of halogens is 1. The second-order valence-electron chi connectivity index (χ2n) is 3.92. The molecule has 0 saturated heterocycles. The zero-order chi connectivity index (χ0) is 13.7. The SMILES string of the molecule is COc1cc(Br)ccc1C(O)C#Cc1ccccc1. The van der Waals surface area contributed by atoms with E-state index in [4.69, 9.17) is 4.74 Å². The van der Waals surface area contributed by atoms with Crippen molar-refractivity contribution in [1.82, 2.24) is 0 Å². The quantitative estimate of drug-likeness (QED) is 0.859. The van der Waals surface area contributed by atoms with Crippen molar-refractivity contribution in [3.63, 3.8) is 0 Å². The van der Waals surface area contributed by atoms with E-state index in [1.54, 1.807) is 13.2 Å². The van der Waals surface area contributed by atoms with Crippen LogP contribution < -0.4 is 4.74 Å². The van der Waals surface area contributed by atoms with Gasteiger partial charge in [0.15, 0.2) is 0 Å². The predicted molar refractivity (Wildman–Crippen MR) is 79.0 cm³/mol. The maximum atomic E-state index is 10.1. The molecule has 0 aliphatic heterocycles. The average molecular weight is 317 g/mol. The van der Waals surface area contributed by atoms with Crippen LogP contribution in [0.1, 0.15) is 17.2 Å². The second kappa shape index (κ2) is 6.42. The highest BCUT2D eigenvalue weighted by Gasteiger charge is 2.10. The smallest absolute Gasteiger partial charge is 0.144 e. The first kappa shape index (κ1) is 13.7. The van der Waals surface area contributed by atoms with E-state index in [0.29, 0.717) is 11.3 Å². The molecule has 0 saturated carbocycles. The summed E-state index contributed by atoms with van der Waals surface area (Å²) < 4.78 is 6.14.